The molecule has 2 aromatic rings. The molecule has 1 saturated carbocycles. The van der Waals surface area contributed by atoms with Crippen molar-refractivity contribution in [2.45, 2.75) is 24.3 Å². The molecular weight excluding hydrogens is 270 g/mol. The molecule has 0 amide bonds. The van der Waals surface area contributed by atoms with Crippen LogP contribution in [0.2, 0.25) is 0 Å². The minimum Gasteiger partial charge on any atom is -0.425 e. The number of aromatic nitrogens is 2. The highest BCUT2D eigenvalue weighted by Gasteiger charge is 2.63. The molecule has 1 aliphatic heterocycles. The molecule has 0 spiro atoms. The third-order valence-electron chi connectivity index (χ3n) is 4.23. The van der Waals surface area contributed by atoms with Gasteiger partial charge in [0, 0.05) is 17.9 Å². The lowest BCUT2D eigenvalue weighted by molar-refractivity contribution is 0.176. The largest absolute Gasteiger partial charge is 0.425 e. The van der Waals surface area contributed by atoms with Crippen LogP contribution in [0.3, 0.4) is 0 Å². The normalized spacial score (nSPS) is 27.2. The number of hydrogen-bond acceptors (Lipinski definition) is 2. The van der Waals surface area contributed by atoms with Crippen molar-refractivity contribution in [1.82, 2.24) is 9.30 Å². The van der Waals surface area contributed by atoms with Crippen LogP contribution in [0.4, 0.5) is 8.78 Å². The summed E-state index contributed by atoms with van der Waals surface area (Å²) in [6, 6.07) is 3.54. The summed E-state index contributed by atoms with van der Waals surface area (Å²) in [6.45, 7) is 0.469. The van der Waals surface area contributed by atoms with Gasteiger partial charge < -0.3 is 9.77 Å². The Kier molecular flexibility index (Phi) is 1.91. The molecular formula is C13H9F2N2OS. The predicted octanol–water partition coefficient (Wildman–Crippen LogP) is 2.77. The third-order valence-corrected chi connectivity index (χ3v) is 4.63. The van der Waals surface area contributed by atoms with Gasteiger partial charge in [-0.15, -0.1) is 0 Å². The van der Waals surface area contributed by atoms with Gasteiger partial charge in [0.05, 0.1) is 5.69 Å². The Labute approximate surface area is 112 Å². The fourth-order valence-corrected chi connectivity index (χ4v) is 3.44. The molecule has 3 nitrogen and oxygen atoms in total. The number of rotatable bonds is 1. The minimum atomic E-state index is -0.437. The lowest BCUT2D eigenvalue weighted by Crippen LogP contribution is -2.15. The topological polar surface area (TPSA) is 30.1 Å². The first-order chi connectivity index (χ1) is 9.03. The third kappa shape index (κ3) is 1.27. The minimum absolute atomic E-state index is 0.0545. The molecule has 1 radical (unpaired) electrons. The molecule has 0 unspecified atom stereocenters. The lowest BCUT2D eigenvalue weighted by Gasteiger charge is -2.14. The molecule has 0 saturated heterocycles. The van der Waals surface area contributed by atoms with E-state index in [1.165, 1.54) is 6.07 Å². The summed E-state index contributed by atoms with van der Waals surface area (Å²) in [6.07, 6.45) is 3.50. The van der Waals surface area contributed by atoms with E-state index in [2.05, 4.69) is 6.20 Å². The average Bonchev–Trinajstić information content (AvgIpc) is 2.93. The Morgan fingerprint density at radius 2 is 2.21 bits per heavy atom. The van der Waals surface area contributed by atoms with E-state index >= 15 is 0 Å². The fraction of sp³-hybridized carbons (Fsp3) is 0.308. The molecule has 2 atom stereocenters. The number of nitrogens with zero attached hydrogens (tertiary/aromatic N) is 2. The van der Waals surface area contributed by atoms with E-state index in [1.54, 1.807) is 4.57 Å². The van der Waals surface area contributed by atoms with Gasteiger partial charge in [-0.2, -0.15) is 4.73 Å². The average molecular weight is 279 g/mol. The van der Waals surface area contributed by atoms with Gasteiger partial charge in [-0.1, -0.05) is 0 Å². The Balaban J connectivity index is 1.85. The summed E-state index contributed by atoms with van der Waals surface area (Å²) >= 11 is 5.06. The van der Waals surface area contributed by atoms with Crippen LogP contribution in [-0.4, -0.2) is 14.5 Å². The zero-order valence-corrected chi connectivity index (χ0v) is 10.5. The zero-order valence-electron chi connectivity index (χ0n) is 9.73. The van der Waals surface area contributed by atoms with Crippen molar-refractivity contribution in [3.8, 4) is 0 Å². The van der Waals surface area contributed by atoms with E-state index in [4.69, 9.17) is 12.2 Å². The van der Waals surface area contributed by atoms with E-state index < -0.39 is 17.0 Å². The number of halogens is 2. The van der Waals surface area contributed by atoms with Crippen molar-refractivity contribution in [2.75, 3.05) is 0 Å². The van der Waals surface area contributed by atoms with Gasteiger partial charge in [0.1, 0.15) is 17.8 Å². The second-order valence-corrected chi connectivity index (χ2v) is 5.58. The van der Waals surface area contributed by atoms with E-state index in [-0.39, 0.29) is 10.7 Å². The van der Waals surface area contributed by atoms with Crippen molar-refractivity contribution in [3.63, 3.8) is 0 Å². The smallest absolute Gasteiger partial charge is 0.215 e. The molecule has 2 aliphatic rings. The zero-order chi connectivity index (χ0) is 13.4. The van der Waals surface area contributed by atoms with E-state index in [1.807, 2.05) is 0 Å². The van der Waals surface area contributed by atoms with Crippen LogP contribution in [0.5, 0.6) is 0 Å². The van der Waals surface area contributed by atoms with Gasteiger partial charge in [0.25, 0.3) is 0 Å². The number of hydrogen-bond donors (Lipinski definition) is 1. The first kappa shape index (κ1) is 11.2. The van der Waals surface area contributed by atoms with Gasteiger partial charge in [0.2, 0.25) is 4.77 Å². The van der Waals surface area contributed by atoms with E-state index in [0.717, 1.165) is 29.0 Å². The molecule has 1 aromatic heterocycles. The van der Waals surface area contributed by atoms with E-state index in [0.29, 0.717) is 12.1 Å². The monoisotopic (exact) mass is 279 g/mol. The molecule has 1 fully saturated rings. The maximum Gasteiger partial charge on any atom is 0.215 e. The highest BCUT2D eigenvalue weighted by Crippen LogP contribution is 2.65. The van der Waals surface area contributed by atoms with Crippen LogP contribution in [-0.2, 0) is 12.0 Å². The number of fused-ring (bicyclic) bond motifs is 3. The summed E-state index contributed by atoms with van der Waals surface area (Å²) in [7, 11) is 0. The molecule has 1 N–H and O–H groups in total. The molecule has 97 valence electrons. The standard InChI is InChI=1S/C13H9F2N2OS/c14-7-1-2-10(15)8(3-7)13-4-9(13)11-5-17(18)12(19)16(11)6-13/h1-3,9,18H,4,6H2/t9-,13+/m0/s1. The highest BCUT2D eigenvalue weighted by molar-refractivity contribution is 7.71. The van der Waals surface area contributed by atoms with Crippen LogP contribution in [0.15, 0.2) is 18.2 Å². The van der Waals surface area contributed by atoms with Crippen LogP contribution in [0.25, 0.3) is 0 Å². The number of imidazole rings is 1. The van der Waals surface area contributed by atoms with E-state index in [9.17, 15) is 14.0 Å². The summed E-state index contributed by atoms with van der Waals surface area (Å²) in [5.74, 6) is -0.774. The second-order valence-electron chi connectivity index (χ2n) is 5.21. The van der Waals surface area contributed by atoms with Crippen molar-refractivity contribution in [3.05, 3.63) is 52.1 Å². The Hall–Kier alpha value is -1.69. The molecule has 1 aliphatic carbocycles. The molecule has 4 rings (SSSR count). The first-order valence-electron chi connectivity index (χ1n) is 5.92. The molecule has 0 bridgehead atoms. The van der Waals surface area contributed by atoms with Crippen LogP contribution in [0, 0.1) is 22.6 Å². The van der Waals surface area contributed by atoms with Crippen molar-refractivity contribution in [2.24, 2.45) is 0 Å². The van der Waals surface area contributed by atoms with Gasteiger partial charge in [-0.3, -0.25) is 0 Å². The van der Waals surface area contributed by atoms with Gasteiger partial charge in [-0.05, 0) is 42.4 Å². The molecule has 2 heterocycles. The van der Waals surface area contributed by atoms with Crippen molar-refractivity contribution < 1.29 is 14.0 Å². The van der Waals surface area contributed by atoms with Crippen LogP contribution < -0.4 is 0 Å². The Morgan fingerprint density at radius 1 is 1.42 bits per heavy atom. The fourth-order valence-electron chi connectivity index (χ4n) is 3.24. The van der Waals surface area contributed by atoms with Crippen molar-refractivity contribution >= 4 is 12.2 Å². The number of benzene rings is 1. The molecule has 1 aromatic carbocycles. The molecule has 6 heteroatoms. The predicted molar refractivity (Wildman–Crippen MR) is 64.7 cm³/mol. The Bertz CT molecular complexity index is 766. The van der Waals surface area contributed by atoms with Gasteiger partial charge in [0.15, 0.2) is 0 Å². The Morgan fingerprint density at radius 3 is 2.95 bits per heavy atom. The highest BCUT2D eigenvalue weighted by atomic mass is 32.1. The van der Waals surface area contributed by atoms with Crippen LogP contribution in [0.1, 0.15) is 23.6 Å². The summed E-state index contributed by atoms with van der Waals surface area (Å²) in [4.78, 5) is 0. The maximum absolute atomic E-state index is 13.9. The summed E-state index contributed by atoms with van der Waals surface area (Å²) in [5.41, 5.74) is 0.754. The van der Waals surface area contributed by atoms with Gasteiger partial charge in [-0.25, -0.2) is 8.78 Å². The summed E-state index contributed by atoms with van der Waals surface area (Å²) < 4.78 is 30.1. The van der Waals surface area contributed by atoms with Crippen molar-refractivity contribution in [1.29, 1.82) is 0 Å². The molecule has 19 heavy (non-hydrogen) atoms. The van der Waals surface area contributed by atoms with Gasteiger partial charge >= 0.3 is 0 Å². The van der Waals surface area contributed by atoms with Crippen LogP contribution >= 0.6 is 12.2 Å². The second kappa shape index (κ2) is 3.25. The SMILES string of the molecule is On1[c]c2n(c1=S)C[C@@]1(c3cc(F)ccc3F)C[C@@H]21. The maximum atomic E-state index is 13.9. The lowest BCUT2D eigenvalue weighted by atomic mass is 9.94. The quantitative estimate of drug-likeness (QED) is 0.642. The first-order valence-corrected chi connectivity index (χ1v) is 6.33. The summed E-state index contributed by atoms with van der Waals surface area (Å²) in [5, 5.41) is 9.48.